The van der Waals surface area contributed by atoms with Crippen LogP contribution in [0.15, 0.2) is 97.1 Å². The molecule has 2 heteroatoms. The van der Waals surface area contributed by atoms with Crippen LogP contribution in [0.5, 0.6) is 0 Å². The van der Waals surface area contributed by atoms with E-state index in [0.29, 0.717) is 0 Å². The van der Waals surface area contributed by atoms with Gasteiger partial charge in [0.15, 0.2) is 0 Å². The molecule has 3 aromatic rings. The van der Waals surface area contributed by atoms with Gasteiger partial charge in [-0.1, -0.05) is 97.1 Å². The zero-order chi connectivity index (χ0) is 22.8. The molecule has 0 aliphatic carbocycles. The molecule has 2 nitrogen and oxygen atoms in total. The lowest BCUT2D eigenvalue weighted by atomic mass is 10.1. The van der Waals surface area contributed by atoms with Gasteiger partial charge in [0.25, 0.3) is 0 Å². The standard InChI is InChI=1S/C30H32N2/c1-31(2)29-21-17-27(18-22-29)11-7-5-9-25-13-15-26(16-14-25)10-6-8-12-28-19-23-30(24-20-28)32(3)4/h5-24H,1-4H3. The molecular formula is C30H32N2. The van der Waals surface area contributed by atoms with E-state index in [2.05, 4.69) is 159 Å². The minimum Gasteiger partial charge on any atom is -0.378 e. The van der Waals surface area contributed by atoms with E-state index < -0.39 is 0 Å². The Hall–Kier alpha value is -3.78. The first kappa shape index (κ1) is 22.9. The summed E-state index contributed by atoms with van der Waals surface area (Å²) in [6.45, 7) is 0. The van der Waals surface area contributed by atoms with Crippen LogP contribution in [0.3, 0.4) is 0 Å². The highest BCUT2D eigenvalue weighted by Crippen LogP contribution is 2.15. The summed E-state index contributed by atoms with van der Waals surface area (Å²) in [5, 5.41) is 0. The highest BCUT2D eigenvalue weighted by atomic mass is 15.1. The van der Waals surface area contributed by atoms with E-state index in [9.17, 15) is 0 Å². The number of rotatable bonds is 8. The van der Waals surface area contributed by atoms with Crippen LogP contribution in [0.1, 0.15) is 22.3 Å². The van der Waals surface area contributed by atoms with E-state index in [4.69, 9.17) is 0 Å². The van der Waals surface area contributed by atoms with Crippen molar-refractivity contribution in [2.45, 2.75) is 0 Å². The van der Waals surface area contributed by atoms with Crippen LogP contribution in [0, 0.1) is 0 Å². The second kappa shape index (κ2) is 11.6. The molecular weight excluding hydrogens is 388 g/mol. The van der Waals surface area contributed by atoms with Crippen LogP contribution in [0.4, 0.5) is 11.4 Å². The SMILES string of the molecule is CN(C)c1ccc(C=CC=Cc2ccc(C=CC=Cc3ccc(N(C)C)cc3)cc2)cc1. The Kier molecular flexibility index (Phi) is 8.28. The summed E-state index contributed by atoms with van der Waals surface area (Å²) in [6, 6.07) is 25.6. The predicted octanol–water partition coefficient (Wildman–Crippen LogP) is 7.27. The van der Waals surface area contributed by atoms with Crippen molar-refractivity contribution >= 4 is 35.7 Å². The number of hydrogen-bond donors (Lipinski definition) is 0. The summed E-state index contributed by atoms with van der Waals surface area (Å²) in [5.74, 6) is 0. The van der Waals surface area contributed by atoms with E-state index >= 15 is 0 Å². The Labute approximate surface area is 193 Å². The lowest BCUT2D eigenvalue weighted by Crippen LogP contribution is -2.07. The quantitative estimate of drug-likeness (QED) is 0.354. The van der Waals surface area contributed by atoms with Crippen LogP contribution >= 0.6 is 0 Å². The number of nitrogens with zero attached hydrogens (tertiary/aromatic N) is 2. The molecule has 0 N–H and O–H groups in total. The zero-order valence-corrected chi connectivity index (χ0v) is 19.4. The molecule has 3 rings (SSSR count). The average Bonchev–Trinajstić information content (AvgIpc) is 2.81. The summed E-state index contributed by atoms with van der Waals surface area (Å²) < 4.78 is 0. The molecule has 0 unspecified atom stereocenters. The Bertz CT molecular complexity index is 989. The predicted molar refractivity (Wildman–Crippen MR) is 144 cm³/mol. The maximum atomic E-state index is 2.14. The lowest BCUT2D eigenvalue weighted by molar-refractivity contribution is 1.13. The Morgan fingerprint density at radius 1 is 0.375 bits per heavy atom. The van der Waals surface area contributed by atoms with Gasteiger partial charge in [0.2, 0.25) is 0 Å². The minimum absolute atomic E-state index is 1.19. The van der Waals surface area contributed by atoms with E-state index in [1.807, 2.05) is 0 Å². The number of benzene rings is 3. The Morgan fingerprint density at radius 3 is 0.812 bits per heavy atom. The van der Waals surface area contributed by atoms with Crippen LogP contribution < -0.4 is 9.80 Å². The van der Waals surface area contributed by atoms with Crippen molar-refractivity contribution in [3.63, 3.8) is 0 Å². The molecule has 0 heterocycles. The molecule has 0 bridgehead atoms. The highest BCUT2D eigenvalue weighted by molar-refractivity contribution is 5.62. The van der Waals surface area contributed by atoms with Crippen molar-refractivity contribution in [1.82, 2.24) is 0 Å². The van der Waals surface area contributed by atoms with E-state index in [0.717, 1.165) is 0 Å². The molecule has 0 aliphatic rings. The van der Waals surface area contributed by atoms with E-state index in [1.165, 1.54) is 33.6 Å². The molecule has 0 saturated carbocycles. The number of allylic oxidation sites excluding steroid dienone is 4. The number of hydrogen-bond acceptors (Lipinski definition) is 2. The fourth-order valence-electron chi connectivity index (χ4n) is 3.15. The van der Waals surface area contributed by atoms with E-state index in [-0.39, 0.29) is 0 Å². The third-order valence-corrected chi connectivity index (χ3v) is 5.13. The van der Waals surface area contributed by atoms with Crippen LogP contribution in [0.2, 0.25) is 0 Å². The lowest BCUT2D eigenvalue weighted by Gasteiger charge is -2.11. The van der Waals surface area contributed by atoms with E-state index in [1.54, 1.807) is 0 Å². The summed E-state index contributed by atoms with van der Waals surface area (Å²) in [6.07, 6.45) is 16.8. The summed E-state index contributed by atoms with van der Waals surface area (Å²) in [5.41, 5.74) is 7.18. The van der Waals surface area contributed by atoms with Gasteiger partial charge in [0, 0.05) is 39.6 Å². The van der Waals surface area contributed by atoms with Gasteiger partial charge in [-0.3, -0.25) is 0 Å². The van der Waals surface area contributed by atoms with Crippen molar-refractivity contribution < 1.29 is 0 Å². The first-order chi connectivity index (χ1) is 15.5. The van der Waals surface area contributed by atoms with Crippen LogP contribution in [-0.2, 0) is 0 Å². The van der Waals surface area contributed by atoms with Gasteiger partial charge in [-0.25, -0.2) is 0 Å². The topological polar surface area (TPSA) is 6.48 Å². The molecule has 0 radical (unpaired) electrons. The molecule has 32 heavy (non-hydrogen) atoms. The van der Waals surface area contributed by atoms with Crippen LogP contribution in [0.25, 0.3) is 24.3 Å². The van der Waals surface area contributed by atoms with Gasteiger partial charge in [-0.2, -0.15) is 0 Å². The van der Waals surface area contributed by atoms with Gasteiger partial charge in [0.1, 0.15) is 0 Å². The van der Waals surface area contributed by atoms with Gasteiger partial charge < -0.3 is 9.80 Å². The molecule has 0 spiro atoms. The van der Waals surface area contributed by atoms with Gasteiger partial charge in [-0.15, -0.1) is 0 Å². The van der Waals surface area contributed by atoms with Crippen molar-refractivity contribution in [2.24, 2.45) is 0 Å². The first-order valence-corrected chi connectivity index (χ1v) is 10.9. The van der Waals surface area contributed by atoms with Crippen LogP contribution in [-0.4, -0.2) is 28.2 Å². The number of anilines is 2. The molecule has 0 amide bonds. The molecule has 3 aromatic carbocycles. The van der Waals surface area contributed by atoms with Gasteiger partial charge >= 0.3 is 0 Å². The van der Waals surface area contributed by atoms with Gasteiger partial charge in [-0.05, 0) is 46.5 Å². The maximum Gasteiger partial charge on any atom is 0.0361 e. The smallest absolute Gasteiger partial charge is 0.0361 e. The fraction of sp³-hybridized carbons (Fsp3) is 0.133. The normalized spacial score (nSPS) is 11.9. The third kappa shape index (κ3) is 7.17. The summed E-state index contributed by atoms with van der Waals surface area (Å²) in [7, 11) is 8.21. The molecule has 0 aliphatic heterocycles. The fourth-order valence-corrected chi connectivity index (χ4v) is 3.15. The molecule has 0 saturated heterocycles. The molecule has 0 atom stereocenters. The van der Waals surface area contributed by atoms with Crippen molar-refractivity contribution in [1.29, 1.82) is 0 Å². The monoisotopic (exact) mass is 420 g/mol. The molecule has 0 fully saturated rings. The first-order valence-electron chi connectivity index (χ1n) is 10.9. The molecule has 162 valence electrons. The minimum atomic E-state index is 1.19. The zero-order valence-electron chi connectivity index (χ0n) is 19.4. The second-order valence-corrected chi connectivity index (χ2v) is 8.08. The van der Waals surface area contributed by atoms with Gasteiger partial charge in [0.05, 0.1) is 0 Å². The van der Waals surface area contributed by atoms with Crippen molar-refractivity contribution in [2.75, 3.05) is 38.0 Å². The third-order valence-electron chi connectivity index (χ3n) is 5.13. The average molecular weight is 421 g/mol. The Morgan fingerprint density at radius 2 is 0.594 bits per heavy atom. The van der Waals surface area contributed by atoms with Crippen molar-refractivity contribution in [3.8, 4) is 0 Å². The highest BCUT2D eigenvalue weighted by Gasteiger charge is 1.94. The summed E-state index contributed by atoms with van der Waals surface area (Å²) >= 11 is 0. The maximum absolute atomic E-state index is 2.14. The largest absolute Gasteiger partial charge is 0.378 e. The van der Waals surface area contributed by atoms with Crippen molar-refractivity contribution in [3.05, 3.63) is 119 Å². The Balaban J connectivity index is 1.50. The molecule has 0 aromatic heterocycles. The second-order valence-electron chi connectivity index (χ2n) is 8.08. The summed E-state index contributed by atoms with van der Waals surface area (Å²) in [4.78, 5) is 4.21.